The molecule has 0 radical (unpaired) electrons. The molecule has 1 aromatic rings. The highest BCUT2D eigenvalue weighted by atomic mass is 16.3. The van der Waals surface area contributed by atoms with Gasteiger partial charge in [-0.1, -0.05) is 13.8 Å². The maximum atomic E-state index is 9.08. The summed E-state index contributed by atoms with van der Waals surface area (Å²) in [7, 11) is 0. The Morgan fingerprint density at radius 1 is 1.26 bits per heavy atom. The first-order valence-corrected chi connectivity index (χ1v) is 6.90. The van der Waals surface area contributed by atoms with E-state index in [1.807, 2.05) is 26.8 Å². The van der Waals surface area contributed by atoms with Gasteiger partial charge >= 0.3 is 0 Å². The Labute approximate surface area is 115 Å². The number of aliphatic hydroxyl groups excluding tert-OH is 1. The first-order valence-electron chi connectivity index (χ1n) is 6.90. The maximum Gasteiger partial charge on any atom is 0.135 e. The van der Waals surface area contributed by atoms with Crippen LogP contribution >= 0.6 is 0 Å². The number of rotatable bonds is 7. The van der Waals surface area contributed by atoms with Gasteiger partial charge in [0, 0.05) is 30.7 Å². The van der Waals surface area contributed by atoms with E-state index in [0.717, 1.165) is 24.0 Å². The van der Waals surface area contributed by atoms with E-state index in [9.17, 15) is 0 Å². The minimum atomic E-state index is -0.194. The Balaban J connectivity index is 2.98. The molecule has 108 valence electrons. The molecule has 0 bridgehead atoms. The molecule has 1 aromatic heterocycles. The number of nitrogens with one attached hydrogen (secondary N) is 2. The summed E-state index contributed by atoms with van der Waals surface area (Å²) >= 11 is 0. The zero-order chi connectivity index (χ0) is 14.5. The molecule has 0 saturated heterocycles. The third-order valence-electron chi connectivity index (χ3n) is 2.82. The molecule has 0 spiro atoms. The van der Waals surface area contributed by atoms with Crippen molar-refractivity contribution in [2.24, 2.45) is 0 Å². The van der Waals surface area contributed by atoms with Gasteiger partial charge in [-0.3, -0.25) is 0 Å². The van der Waals surface area contributed by atoms with Crippen LogP contribution in [0.1, 0.15) is 52.8 Å². The fourth-order valence-corrected chi connectivity index (χ4v) is 1.75. The summed E-state index contributed by atoms with van der Waals surface area (Å²) in [5.41, 5.74) is -0.194. The van der Waals surface area contributed by atoms with Crippen molar-refractivity contribution >= 4 is 11.6 Å². The minimum Gasteiger partial charge on any atom is -0.396 e. The number of hydrogen-bond acceptors (Lipinski definition) is 5. The summed E-state index contributed by atoms with van der Waals surface area (Å²) in [4.78, 5) is 9.03. The highest BCUT2D eigenvalue weighted by molar-refractivity contribution is 5.49. The van der Waals surface area contributed by atoms with Crippen LogP contribution in [0.25, 0.3) is 0 Å². The van der Waals surface area contributed by atoms with Crippen molar-refractivity contribution in [2.75, 3.05) is 23.8 Å². The van der Waals surface area contributed by atoms with Gasteiger partial charge in [-0.2, -0.15) is 0 Å². The Bertz CT molecular complexity index is 404. The highest BCUT2D eigenvalue weighted by Gasteiger charge is 2.18. The summed E-state index contributed by atoms with van der Waals surface area (Å²) in [5, 5.41) is 15.7. The number of aliphatic hydroxyl groups is 1. The van der Waals surface area contributed by atoms with Crippen molar-refractivity contribution in [2.45, 2.75) is 52.5 Å². The Morgan fingerprint density at radius 3 is 2.42 bits per heavy atom. The summed E-state index contributed by atoms with van der Waals surface area (Å²) in [6, 6.07) is 1.91. The molecule has 0 unspecified atom stereocenters. The van der Waals surface area contributed by atoms with Gasteiger partial charge in [-0.15, -0.1) is 0 Å². The van der Waals surface area contributed by atoms with E-state index in [2.05, 4.69) is 34.4 Å². The summed E-state index contributed by atoms with van der Waals surface area (Å²) in [6.45, 7) is 11.3. The Hall–Kier alpha value is -1.36. The van der Waals surface area contributed by atoms with Crippen LogP contribution in [0, 0.1) is 0 Å². The third kappa shape index (κ3) is 5.03. The maximum absolute atomic E-state index is 9.08. The molecule has 1 heterocycles. The summed E-state index contributed by atoms with van der Waals surface area (Å²) < 4.78 is 0. The lowest BCUT2D eigenvalue weighted by atomic mass is 10.0. The van der Waals surface area contributed by atoms with E-state index in [4.69, 9.17) is 5.11 Å². The molecular formula is C14H26N4O. The lowest BCUT2D eigenvalue weighted by molar-refractivity contribution is 0.260. The first kappa shape index (κ1) is 15.7. The number of nitrogens with zero attached hydrogens (tertiary/aromatic N) is 2. The SMILES string of the molecule is CCNc1cc(NC(C)(C)CCO)nc(C(C)C)n1. The molecule has 0 aliphatic carbocycles. The van der Waals surface area contributed by atoms with Gasteiger partial charge in [-0.25, -0.2) is 9.97 Å². The molecule has 3 N–H and O–H groups in total. The van der Waals surface area contributed by atoms with Gasteiger partial charge in [0.2, 0.25) is 0 Å². The second-order valence-corrected chi connectivity index (χ2v) is 5.66. The quantitative estimate of drug-likeness (QED) is 0.707. The largest absolute Gasteiger partial charge is 0.396 e. The van der Waals surface area contributed by atoms with Crippen LogP contribution in [-0.4, -0.2) is 33.8 Å². The molecule has 0 aliphatic rings. The average molecular weight is 266 g/mol. The van der Waals surface area contributed by atoms with Crippen LogP contribution in [0.4, 0.5) is 11.6 Å². The fraction of sp³-hybridized carbons (Fsp3) is 0.714. The number of aromatic nitrogens is 2. The number of anilines is 2. The molecule has 5 nitrogen and oxygen atoms in total. The molecule has 5 heteroatoms. The topological polar surface area (TPSA) is 70.1 Å². The molecule has 0 amide bonds. The molecule has 1 rings (SSSR count). The molecule has 0 atom stereocenters. The molecule has 0 saturated carbocycles. The lowest BCUT2D eigenvalue weighted by Crippen LogP contribution is -2.32. The standard InChI is InChI=1S/C14H26N4O/c1-6-15-11-9-12(17-13(16-11)10(2)3)18-14(4,5)7-8-19/h9-10,19H,6-8H2,1-5H3,(H2,15,16,17,18). The van der Waals surface area contributed by atoms with E-state index in [-0.39, 0.29) is 18.1 Å². The van der Waals surface area contributed by atoms with Gasteiger partial charge in [0.15, 0.2) is 0 Å². The van der Waals surface area contributed by atoms with Crippen LogP contribution in [-0.2, 0) is 0 Å². The van der Waals surface area contributed by atoms with E-state index in [1.54, 1.807) is 0 Å². The number of hydrogen-bond donors (Lipinski definition) is 3. The Morgan fingerprint density at radius 2 is 1.89 bits per heavy atom. The lowest BCUT2D eigenvalue weighted by Gasteiger charge is -2.26. The second kappa shape index (κ2) is 6.70. The van der Waals surface area contributed by atoms with Crippen molar-refractivity contribution in [3.8, 4) is 0 Å². The van der Waals surface area contributed by atoms with Crippen molar-refractivity contribution in [3.05, 3.63) is 11.9 Å². The molecule has 0 fully saturated rings. The van der Waals surface area contributed by atoms with Crippen LogP contribution in [0.3, 0.4) is 0 Å². The van der Waals surface area contributed by atoms with Crippen molar-refractivity contribution in [3.63, 3.8) is 0 Å². The fourth-order valence-electron chi connectivity index (χ4n) is 1.75. The average Bonchev–Trinajstić information content (AvgIpc) is 2.27. The monoisotopic (exact) mass is 266 g/mol. The van der Waals surface area contributed by atoms with E-state index >= 15 is 0 Å². The Kier molecular flexibility index (Phi) is 5.54. The third-order valence-corrected chi connectivity index (χ3v) is 2.82. The van der Waals surface area contributed by atoms with Gasteiger partial charge in [0.25, 0.3) is 0 Å². The van der Waals surface area contributed by atoms with E-state index in [1.165, 1.54) is 0 Å². The van der Waals surface area contributed by atoms with Crippen LogP contribution in [0.2, 0.25) is 0 Å². The van der Waals surface area contributed by atoms with Crippen molar-refractivity contribution in [1.29, 1.82) is 0 Å². The normalized spacial score (nSPS) is 11.7. The van der Waals surface area contributed by atoms with Gasteiger partial charge < -0.3 is 15.7 Å². The molecule has 0 aromatic carbocycles. The van der Waals surface area contributed by atoms with Gasteiger partial charge in [-0.05, 0) is 27.2 Å². The first-order chi connectivity index (χ1) is 8.88. The zero-order valence-corrected chi connectivity index (χ0v) is 12.6. The van der Waals surface area contributed by atoms with Gasteiger partial charge in [0.1, 0.15) is 17.5 Å². The summed E-state index contributed by atoms with van der Waals surface area (Å²) in [5.74, 6) is 2.73. The summed E-state index contributed by atoms with van der Waals surface area (Å²) in [6.07, 6.45) is 0.671. The molecular weight excluding hydrogens is 240 g/mol. The highest BCUT2D eigenvalue weighted by Crippen LogP contribution is 2.21. The molecule has 0 aliphatic heterocycles. The van der Waals surface area contributed by atoms with Crippen LogP contribution < -0.4 is 10.6 Å². The van der Waals surface area contributed by atoms with Crippen LogP contribution in [0.5, 0.6) is 0 Å². The second-order valence-electron chi connectivity index (χ2n) is 5.66. The van der Waals surface area contributed by atoms with Crippen molar-refractivity contribution in [1.82, 2.24) is 9.97 Å². The van der Waals surface area contributed by atoms with Crippen LogP contribution in [0.15, 0.2) is 6.07 Å². The predicted molar refractivity (Wildman–Crippen MR) is 79.7 cm³/mol. The molecule has 19 heavy (non-hydrogen) atoms. The zero-order valence-electron chi connectivity index (χ0n) is 12.6. The minimum absolute atomic E-state index is 0.155. The van der Waals surface area contributed by atoms with Gasteiger partial charge in [0.05, 0.1) is 0 Å². The predicted octanol–water partition coefficient (Wildman–Crippen LogP) is 2.60. The van der Waals surface area contributed by atoms with E-state index < -0.39 is 0 Å². The smallest absolute Gasteiger partial charge is 0.135 e. The van der Waals surface area contributed by atoms with E-state index in [0.29, 0.717) is 6.42 Å². The van der Waals surface area contributed by atoms with Crippen molar-refractivity contribution < 1.29 is 5.11 Å².